The first-order valence-corrected chi connectivity index (χ1v) is 7.96. The van der Waals surface area contributed by atoms with Crippen molar-refractivity contribution >= 4 is 11.9 Å². The summed E-state index contributed by atoms with van der Waals surface area (Å²) in [5, 5.41) is 11.7. The van der Waals surface area contributed by atoms with Crippen LogP contribution in [0.1, 0.15) is 50.4 Å². The second-order valence-electron chi connectivity index (χ2n) is 5.10. The summed E-state index contributed by atoms with van der Waals surface area (Å²) in [7, 11) is 0. The van der Waals surface area contributed by atoms with E-state index >= 15 is 0 Å². The number of carbonyl (C=O) groups is 2. The third-order valence-corrected chi connectivity index (χ3v) is 3.15. The Morgan fingerprint density at radius 3 is 2.43 bits per heavy atom. The standard InChI is InChI=1S/C17H25NO5/c1-4-7-13(17(20)21)18-16(19)12-8-9-14(23-10-5-2)15(11-12)22-6-3/h8-9,11,13H,4-7,10H2,1-3H3,(H,18,19)(H,20,21). The van der Waals surface area contributed by atoms with Crippen LogP contribution in [0.2, 0.25) is 0 Å². The van der Waals surface area contributed by atoms with E-state index in [4.69, 9.17) is 14.6 Å². The van der Waals surface area contributed by atoms with E-state index in [1.54, 1.807) is 18.2 Å². The molecule has 1 unspecified atom stereocenters. The summed E-state index contributed by atoms with van der Waals surface area (Å²) in [6, 6.07) is 3.96. The first-order valence-electron chi connectivity index (χ1n) is 7.96. The second kappa shape index (κ2) is 9.71. The number of amides is 1. The molecule has 1 atom stereocenters. The molecule has 0 aliphatic carbocycles. The molecule has 23 heavy (non-hydrogen) atoms. The van der Waals surface area contributed by atoms with Gasteiger partial charge in [0, 0.05) is 5.56 Å². The predicted octanol–water partition coefficient (Wildman–Crippen LogP) is 2.86. The van der Waals surface area contributed by atoms with E-state index in [0.717, 1.165) is 6.42 Å². The molecule has 0 fully saturated rings. The molecule has 1 amide bonds. The fourth-order valence-corrected chi connectivity index (χ4v) is 2.04. The highest BCUT2D eigenvalue weighted by molar-refractivity contribution is 5.97. The summed E-state index contributed by atoms with van der Waals surface area (Å²) in [6.45, 7) is 6.72. The molecular formula is C17H25NO5. The van der Waals surface area contributed by atoms with E-state index < -0.39 is 17.9 Å². The summed E-state index contributed by atoms with van der Waals surface area (Å²) >= 11 is 0. The highest BCUT2D eigenvalue weighted by atomic mass is 16.5. The van der Waals surface area contributed by atoms with Crippen LogP contribution in [-0.2, 0) is 4.79 Å². The van der Waals surface area contributed by atoms with Crippen LogP contribution < -0.4 is 14.8 Å². The quantitative estimate of drug-likeness (QED) is 0.691. The average Bonchev–Trinajstić information content (AvgIpc) is 2.53. The van der Waals surface area contributed by atoms with Gasteiger partial charge in [-0.05, 0) is 38.0 Å². The molecule has 0 spiro atoms. The van der Waals surface area contributed by atoms with E-state index in [1.807, 2.05) is 20.8 Å². The summed E-state index contributed by atoms with van der Waals surface area (Å²) < 4.78 is 11.1. The third kappa shape index (κ3) is 5.81. The van der Waals surface area contributed by atoms with Gasteiger partial charge in [0.05, 0.1) is 13.2 Å². The van der Waals surface area contributed by atoms with Crippen LogP contribution in [0.5, 0.6) is 11.5 Å². The summed E-state index contributed by atoms with van der Waals surface area (Å²) in [5.41, 5.74) is 0.347. The molecule has 6 nitrogen and oxygen atoms in total. The fourth-order valence-electron chi connectivity index (χ4n) is 2.04. The SMILES string of the molecule is CCCOc1ccc(C(=O)NC(CCC)C(=O)O)cc1OCC. The average molecular weight is 323 g/mol. The van der Waals surface area contributed by atoms with Crippen molar-refractivity contribution in [1.82, 2.24) is 5.32 Å². The Labute approximate surface area is 136 Å². The molecule has 0 bridgehead atoms. The van der Waals surface area contributed by atoms with E-state index in [9.17, 15) is 9.59 Å². The smallest absolute Gasteiger partial charge is 0.326 e. The highest BCUT2D eigenvalue weighted by Gasteiger charge is 2.20. The highest BCUT2D eigenvalue weighted by Crippen LogP contribution is 2.28. The van der Waals surface area contributed by atoms with Crippen molar-refractivity contribution in [1.29, 1.82) is 0 Å². The maximum Gasteiger partial charge on any atom is 0.326 e. The number of hydrogen-bond acceptors (Lipinski definition) is 4. The number of benzene rings is 1. The lowest BCUT2D eigenvalue weighted by Crippen LogP contribution is -2.40. The zero-order valence-corrected chi connectivity index (χ0v) is 13.9. The van der Waals surface area contributed by atoms with Crippen molar-refractivity contribution in [3.05, 3.63) is 23.8 Å². The van der Waals surface area contributed by atoms with Crippen LogP contribution in [0.3, 0.4) is 0 Å². The topological polar surface area (TPSA) is 84.9 Å². The number of ether oxygens (including phenoxy) is 2. The van der Waals surface area contributed by atoms with E-state index in [1.165, 1.54) is 0 Å². The summed E-state index contributed by atoms with van der Waals surface area (Å²) in [5.74, 6) is -0.411. The van der Waals surface area contributed by atoms with E-state index in [2.05, 4.69) is 5.32 Å². The van der Waals surface area contributed by atoms with Crippen molar-refractivity contribution in [3.8, 4) is 11.5 Å². The van der Waals surface area contributed by atoms with Gasteiger partial charge in [0.2, 0.25) is 0 Å². The number of carboxylic acid groups (broad SMARTS) is 1. The number of carboxylic acids is 1. The molecular weight excluding hydrogens is 298 g/mol. The van der Waals surface area contributed by atoms with Crippen molar-refractivity contribution in [2.24, 2.45) is 0 Å². The van der Waals surface area contributed by atoms with Crippen LogP contribution in [-0.4, -0.2) is 36.2 Å². The van der Waals surface area contributed by atoms with Gasteiger partial charge in [-0.3, -0.25) is 4.79 Å². The van der Waals surface area contributed by atoms with E-state index in [0.29, 0.717) is 43.1 Å². The number of aliphatic carboxylic acids is 1. The Hall–Kier alpha value is -2.24. The van der Waals surface area contributed by atoms with E-state index in [-0.39, 0.29) is 0 Å². The first-order chi connectivity index (χ1) is 11.0. The molecule has 0 saturated carbocycles. The number of rotatable bonds is 10. The van der Waals surface area contributed by atoms with Crippen LogP contribution in [0, 0.1) is 0 Å². The Kier molecular flexibility index (Phi) is 7.94. The van der Waals surface area contributed by atoms with Gasteiger partial charge in [0.1, 0.15) is 6.04 Å². The Morgan fingerprint density at radius 2 is 1.87 bits per heavy atom. The molecule has 0 aliphatic heterocycles. The zero-order chi connectivity index (χ0) is 17.2. The van der Waals surface area contributed by atoms with Crippen molar-refractivity contribution in [2.45, 2.75) is 46.1 Å². The maximum absolute atomic E-state index is 12.2. The van der Waals surface area contributed by atoms with Gasteiger partial charge >= 0.3 is 5.97 Å². The molecule has 0 aliphatic rings. The lowest BCUT2D eigenvalue weighted by molar-refractivity contribution is -0.139. The van der Waals surface area contributed by atoms with Gasteiger partial charge < -0.3 is 19.9 Å². The van der Waals surface area contributed by atoms with Gasteiger partial charge in [-0.1, -0.05) is 20.3 Å². The van der Waals surface area contributed by atoms with Gasteiger partial charge in [-0.25, -0.2) is 4.79 Å². The minimum atomic E-state index is -1.03. The predicted molar refractivity (Wildman–Crippen MR) is 87.2 cm³/mol. The van der Waals surface area contributed by atoms with Crippen LogP contribution in [0.15, 0.2) is 18.2 Å². The maximum atomic E-state index is 12.2. The normalized spacial score (nSPS) is 11.6. The van der Waals surface area contributed by atoms with Crippen molar-refractivity contribution in [2.75, 3.05) is 13.2 Å². The van der Waals surface area contributed by atoms with Gasteiger partial charge in [0.25, 0.3) is 5.91 Å². The molecule has 0 radical (unpaired) electrons. The monoisotopic (exact) mass is 323 g/mol. The Morgan fingerprint density at radius 1 is 1.13 bits per heavy atom. The molecule has 128 valence electrons. The van der Waals surface area contributed by atoms with Gasteiger partial charge in [0.15, 0.2) is 11.5 Å². The third-order valence-electron chi connectivity index (χ3n) is 3.15. The Bertz CT molecular complexity index is 530. The van der Waals surface area contributed by atoms with Crippen molar-refractivity contribution < 1.29 is 24.2 Å². The molecule has 1 aromatic rings. The summed E-state index contributed by atoms with van der Waals surface area (Å²) in [4.78, 5) is 23.4. The summed E-state index contributed by atoms with van der Waals surface area (Å²) in [6.07, 6.45) is 1.92. The number of hydrogen-bond donors (Lipinski definition) is 2. The van der Waals surface area contributed by atoms with Gasteiger partial charge in [-0.2, -0.15) is 0 Å². The minimum Gasteiger partial charge on any atom is -0.490 e. The fraction of sp³-hybridized carbons (Fsp3) is 0.529. The van der Waals surface area contributed by atoms with Crippen LogP contribution in [0.25, 0.3) is 0 Å². The van der Waals surface area contributed by atoms with Gasteiger partial charge in [-0.15, -0.1) is 0 Å². The molecule has 2 N–H and O–H groups in total. The largest absolute Gasteiger partial charge is 0.490 e. The van der Waals surface area contributed by atoms with Crippen molar-refractivity contribution in [3.63, 3.8) is 0 Å². The van der Waals surface area contributed by atoms with Crippen LogP contribution >= 0.6 is 0 Å². The number of nitrogens with one attached hydrogen (secondary N) is 1. The molecule has 6 heteroatoms. The number of carbonyl (C=O) groups excluding carboxylic acids is 1. The lowest BCUT2D eigenvalue weighted by atomic mass is 10.1. The zero-order valence-electron chi connectivity index (χ0n) is 13.9. The molecule has 0 heterocycles. The molecule has 1 rings (SSSR count). The second-order valence-corrected chi connectivity index (χ2v) is 5.10. The first kappa shape index (κ1) is 18.8. The minimum absolute atomic E-state index is 0.347. The molecule has 0 aromatic heterocycles. The lowest BCUT2D eigenvalue weighted by Gasteiger charge is -2.15. The molecule has 1 aromatic carbocycles. The Balaban J connectivity index is 2.91. The van der Waals surface area contributed by atoms with Crippen LogP contribution in [0.4, 0.5) is 0 Å². The molecule has 0 saturated heterocycles.